The number of esters is 4. The monoisotopic (exact) mass is 596 g/mol. The first-order valence-electron chi connectivity index (χ1n) is 13.7. The molecule has 1 aliphatic heterocycles. The Bertz CT molecular complexity index is 1560. The molecule has 0 bridgehead atoms. The van der Waals surface area contributed by atoms with Crippen LogP contribution in [0.25, 0.3) is 0 Å². The first-order chi connectivity index (χ1) is 21.4. The second-order valence-electron chi connectivity index (χ2n) is 9.74. The smallest absolute Gasteiger partial charge is 0.340 e. The highest BCUT2D eigenvalue weighted by Gasteiger charge is 2.52. The molecule has 1 saturated heterocycles. The van der Waals surface area contributed by atoms with Gasteiger partial charge in [0, 0.05) is 0 Å². The van der Waals surface area contributed by atoms with Crippen LogP contribution in [-0.2, 0) is 23.7 Å². The SMILES string of the molecule is O=C(OC[C@@H]1O[C@H](OC(=O)c2ccccc2)[C@H](OC(=O)c2ccccc2)[C@@H](OC(=O)c2ccccc2)[C@@H]1O)c1ccccc1. The molecular weight excluding hydrogens is 568 g/mol. The second kappa shape index (κ2) is 14.2. The Morgan fingerprint density at radius 1 is 0.523 bits per heavy atom. The Kier molecular flexibility index (Phi) is 9.75. The van der Waals surface area contributed by atoms with Crippen LogP contribution in [0.1, 0.15) is 41.4 Å². The quantitative estimate of drug-likeness (QED) is 0.221. The molecule has 0 aromatic heterocycles. The number of hydrogen-bond acceptors (Lipinski definition) is 10. The summed E-state index contributed by atoms with van der Waals surface area (Å²) in [4.78, 5) is 52.1. The van der Waals surface area contributed by atoms with Crippen molar-refractivity contribution in [3.63, 3.8) is 0 Å². The van der Waals surface area contributed by atoms with E-state index in [1.807, 2.05) is 0 Å². The van der Waals surface area contributed by atoms with E-state index in [4.69, 9.17) is 23.7 Å². The van der Waals surface area contributed by atoms with E-state index in [2.05, 4.69) is 0 Å². The number of carbonyl (C=O) groups is 4. The van der Waals surface area contributed by atoms with Crippen LogP contribution >= 0.6 is 0 Å². The molecule has 0 amide bonds. The van der Waals surface area contributed by atoms with E-state index in [0.717, 1.165) is 0 Å². The third-order valence-corrected chi connectivity index (χ3v) is 6.74. The minimum Gasteiger partial charge on any atom is -0.459 e. The largest absolute Gasteiger partial charge is 0.459 e. The Morgan fingerprint density at radius 3 is 1.32 bits per heavy atom. The van der Waals surface area contributed by atoms with Crippen LogP contribution in [0, 0.1) is 0 Å². The first-order valence-corrected chi connectivity index (χ1v) is 13.7. The van der Waals surface area contributed by atoms with Gasteiger partial charge >= 0.3 is 23.9 Å². The molecule has 5 rings (SSSR count). The number of carbonyl (C=O) groups excluding carboxylic acids is 4. The summed E-state index contributed by atoms with van der Waals surface area (Å²) < 4.78 is 28.3. The van der Waals surface area contributed by atoms with Gasteiger partial charge in [-0.25, -0.2) is 19.2 Å². The minimum absolute atomic E-state index is 0.155. The highest BCUT2D eigenvalue weighted by Crippen LogP contribution is 2.30. The Labute approximate surface area is 252 Å². The molecule has 10 nitrogen and oxygen atoms in total. The van der Waals surface area contributed by atoms with Gasteiger partial charge < -0.3 is 28.8 Å². The lowest BCUT2D eigenvalue weighted by Crippen LogP contribution is -2.62. The molecule has 4 aromatic rings. The highest BCUT2D eigenvalue weighted by molar-refractivity contribution is 5.91. The molecule has 0 unspecified atom stereocenters. The topological polar surface area (TPSA) is 135 Å². The number of aliphatic hydroxyl groups excluding tert-OH is 1. The average Bonchev–Trinajstić information content (AvgIpc) is 3.08. The van der Waals surface area contributed by atoms with Crippen LogP contribution in [0.2, 0.25) is 0 Å². The van der Waals surface area contributed by atoms with Crippen LogP contribution in [0.15, 0.2) is 121 Å². The van der Waals surface area contributed by atoms with Gasteiger partial charge in [0.25, 0.3) is 0 Å². The maximum atomic E-state index is 13.2. The van der Waals surface area contributed by atoms with Crippen LogP contribution < -0.4 is 0 Å². The van der Waals surface area contributed by atoms with Crippen LogP contribution in [-0.4, -0.2) is 66.3 Å². The van der Waals surface area contributed by atoms with E-state index >= 15 is 0 Å². The van der Waals surface area contributed by atoms with E-state index in [9.17, 15) is 24.3 Å². The molecule has 0 spiro atoms. The Hall–Kier alpha value is -5.32. The van der Waals surface area contributed by atoms with Crippen molar-refractivity contribution in [2.24, 2.45) is 0 Å². The van der Waals surface area contributed by atoms with Crippen LogP contribution in [0.3, 0.4) is 0 Å². The zero-order valence-electron chi connectivity index (χ0n) is 23.3. The number of hydrogen-bond donors (Lipinski definition) is 1. The fraction of sp³-hybridized carbons (Fsp3) is 0.176. The molecule has 1 N–H and O–H groups in total. The summed E-state index contributed by atoms with van der Waals surface area (Å²) in [5, 5.41) is 11.4. The van der Waals surface area contributed by atoms with Gasteiger partial charge in [0.2, 0.25) is 12.4 Å². The van der Waals surface area contributed by atoms with Crippen molar-refractivity contribution in [2.75, 3.05) is 6.61 Å². The molecule has 1 aliphatic rings. The summed E-state index contributed by atoms with van der Waals surface area (Å²) in [5.41, 5.74) is 0.734. The normalized spacial score (nSPS) is 21.0. The Balaban J connectivity index is 1.46. The maximum absolute atomic E-state index is 13.2. The van der Waals surface area contributed by atoms with Gasteiger partial charge in [-0.15, -0.1) is 0 Å². The molecule has 0 radical (unpaired) electrons. The molecule has 0 aliphatic carbocycles. The fourth-order valence-electron chi connectivity index (χ4n) is 4.48. The lowest BCUT2D eigenvalue weighted by Gasteiger charge is -2.42. The van der Waals surface area contributed by atoms with Crippen molar-refractivity contribution in [3.8, 4) is 0 Å². The van der Waals surface area contributed by atoms with Crippen LogP contribution in [0.4, 0.5) is 0 Å². The first kappa shape index (κ1) is 30.1. The predicted molar refractivity (Wildman–Crippen MR) is 155 cm³/mol. The molecular formula is C34H28O10. The highest BCUT2D eigenvalue weighted by atomic mass is 16.7. The summed E-state index contributed by atoms with van der Waals surface area (Å²) in [5.74, 6) is -3.22. The molecule has 10 heteroatoms. The molecule has 4 aromatic carbocycles. The summed E-state index contributed by atoms with van der Waals surface area (Å²) in [6, 6.07) is 32.1. The molecule has 1 fully saturated rings. The van der Waals surface area contributed by atoms with Gasteiger partial charge in [-0.1, -0.05) is 72.8 Å². The maximum Gasteiger partial charge on any atom is 0.340 e. The lowest BCUT2D eigenvalue weighted by atomic mass is 9.98. The molecule has 0 saturated carbocycles. The van der Waals surface area contributed by atoms with Gasteiger partial charge in [-0.3, -0.25) is 0 Å². The van der Waals surface area contributed by atoms with Gasteiger partial charge in [-0.2, -0.15) is 0 Å². The fourth-order valence-corrected chi connectivity index (χ4v) is 4.48. The number of rotatable bonds is 9. The summed E-state index contributed by atoms with van der Waals surface area (Å²) in [7, 11) is 0. The predicted octanol–water partition coefficient (Wildman–Crippen LogP) is 4.24. The van der Waals surface area contributed by atoms with E-state index < -0.39 is 61.2 Å². The second-order valence-corrected chi connectivity index (χ2v) is 9.74. The van der Waals surface area contributed by atoms with Crippen molar-refractivity contribution in [1.29, 1.82) is 0 Å². The zero-order valence-corrected chi connectivity index (χ0v) is 23.3. The van der Waals surface area contributed by atoms with Crippen molar-refractivity contribution >= 4 is 23.9 Å². The number of benzene rings is 4. The Morgan fingerprint density at radius 2 is 0.886 bits per heavy atom. The van der Waals surface area contributed by atoms with Gasteiger partial charge in [-0.05, 0) is 48.5 Å². The van der Waals surface area contributed by atoms with Gasteiger partial charge in [0.15, 0.2) is 6.10 Å². The van der Waals surface area contributed by atoms with Crippen molar-refractivity contribution in [2.45, 2.75) is 30.7 Å². The molecule has 5 atom stereocenters. The van der Waals surface area contributed by atoms with E-state index in [1.54, 1.807) is 84.9 Å². The van der Waals surface area contributed by atoms with E-state index in [0.29, 0.717) is 0 Å². The lowest BCUT2D eigenvalue weighted by molar-refractivity contribution is -0.283. The van der Waals surface area contributed by atoms with Gasteiger partial charge in [0.1, 0.15) is 18.8 Å². The summed E-state index contributed by atoms with van der Waals surface area (Å²) >= 11 is 0. The molecule has 224 valence electrons. The van der Waals surface area contributed by atoms with Crippen molar-refractivity contribution in [1.82, 2.24) is 0 Å². The third-order valence-electron chi connectivity index (χ3n) is 6.74. The van der Waals surface area contributed by atoms with Gasteiger partial charge in [0.05, 0.1) is 22.3 Å². The summed E-state index contributed by atoms with van der Waals surface area (Å²) in [6.45, 7) is -0.507. The standard InChI is InChI=1S/C34H28O10/c35-27-26(21-40-30(36)22-13-5-1-6-14-22)41-34(44-33(39)25-19-11-4-12-20-25)29(43-32(38)24-17-9-3-10-18-24)28(27)42-31(37)23-15-7-2-8-16-23/h1-20,26-29,34-35H,21H2/t26-,27+,28-,29+,34+/m0/s1. The minimum atomic E-state index is -1.67. The molecule has 1 heterocycles. The van der Waals surface area contributed by atoms with Crippen molar-refractivity contribution < 1.29 is 48.0 Å². The third kappa shape index (κ3) is 7.35. The van der Waals surface area contributed by atoms with Crippen LogP contribution in [0.5, 0.6) is 0 Å². The average molecular weight is 597 g/mol. The van der Waals surface area contributed by atoms with E-state index in [1.165, 1.54) is 36.4 Å². The molecule has 44 heavy (non-hydrogen) atoms. The van der Waals surface area contributed by atoms with Crippen molar-refractivity contribution in [3.05, 3.63) is 144 Å². The number of aliphatic hydroxyl groups is 1. The summed E-state index contributed by atoms with van der Waals surface area (Å²) in [6.07, 6.45) is -7.91. The zero-order chi connectivity index (χ0) is 30.9. The number of ether oxygens (including phenoxy) is 5. The van der Waals surface area contributed by atoms with E-state index in [-0.39, 0.29) is 22.3 Å².